The van der Waals surface area contributed by atoms with E-state index in [-0.39, 0.29) is 5.15 Å². The van der Waals surface area contributed by atoms with Crippen LogP contribution in [0.25, 0.3) is 0 Å². The van der Waals surface area contributed by atoms with Crippen LogP contribution in [0.4, 0.5) is 5.13 Å². The van der Waals surface area contributed by atoms with Crippen molar-refractivity contribution in [2.75, 3.05) is 12.4 Å². The van der Waals surface area contributed by atoms with Gasteiger partial charge in [0.2, 0.25) is 0 Å². The molecule has 0 saturated carbocycles. The van der Waals surface area contributed by atoms with Crippen LogP contribution >= 0.6 is 22.9 Å². The van der Waals surface area contributed by atoms with Crippen LogP contribution in [-0.4, -0.2) is 24.1 Å². The summed E-state index contributed by atoms with van der Waals surface area (Å²) in [6.07, 6.45) is 7.44. The molecular weight excluding hydrogens is 260 g/mol. The second kappa shape index (κ2) is 5.51. The zero-order valence-corrected chi connectivity index (χ0v) is 11.0. The van der Waals surface area contributed by atoms with Crippen molar-refractivity contribution in [3.05, 3.63) is 22.2 Å². The number of allylic oxidation sites excluding steroid dienone is 1. The van der Waals surface area contributed by atoms with E-state index in [1.165, 1.54) is 18.4 Å². The minimum Gasteiger partial charge on any atom is -0.465 e. The number of carbonyl (C=O) groups is 1. The number of aromatic nitrogens is 1. The fraction of sp³-hybridized carbons (Fsp3) is 0.455. The van der Waals surface area contributed by atoms with Gasteiger partial charge in [-0.3, -0.25) is 0 Å². The summed E-state index contributed by atoms with van der Waals surface area (Å²) in [7, 11) is 1.33. The standard InChI is InChI=1S/C11H13ClN2O2S/c1-16-10(15)8-9(12)14-11(17-8)13-7-5-3-2-4-6-7/h2-3,7H,4-6H2,1H3,(H,13,14). The molecule has 0 spiro atoms. The Morgan fingerprint density at radius 2 is 2.47 bits per heavy atom. The van der Waals surface area contributed by atoms with Crippen molar-refractivity contribution in [2.24, 2.45) is 0 Å². The van der Waals surface area contributed by atoms with Gasteiger partial charge in [-0.05, 0) is 19.3 Å². The number of methoxy groups -OCH3 is 1. The summed E-state index contributed by atoms with van der Waals surface area (Å²) in [5.41, 5.74) is 0. The summed E-state index contributed by atoms with van der Waals surface area (Å²) in [4.78, 5) is 15.8. The first kappa shape index (κ1) is 12.4. The van der Waals surface area contributed by atoms with Gasteiger partial charge in [0.05, 0.1) is 7.11 Å². The van der Waals surface area contributed by atoms with Crippen LogP contribution < -0.4 is 5.32 Å². The lowest BCUT2D eigenvalue weighted by atomic mass is 10.0. The van der Waals surface area contributed by atoms with Gasteiger partial charge in [-0.1, -0.05) is 35.1 Å². The zero-order chi connectivity index (χ0) is 12.3. The summed E-state index contributed by atoms with van der Waals surface area (Å²) in [6, 6.07) is 0.368. The predicted octanol–water partition coefficient (Wildman–Crippen LogP) is 3.10. The lowest BCUT2D eigenvalue weighted by Gasteiger charge is -2.18. The monoisotopic (exact) mass is 272 g/mol. The molecule has 0 bridgehead atoms. The summed E-state index contributed by atoms with van der Waals surface area (Å²) in [5.74, 6) is -0.441. The van der Waals surface area contributed by atoms with E-state index in [0.29, 0.717) is 16.1 Å². The molecule has 0 radical (unpaired) electrons. The first-order valence-electron chi connectivity index (χ1n) is 5.37. The second-order valence-electron chi connectivity index (χ2n) is 3.76. The second-order valence-corrected chi connectivity index (χ2v) is 5.11. The van der Waals surface area contributed by atoms with Gasteiger partial charge in [0.15, 0.2) is 15.2 Å². The highest BCUT2D eigenvalue weighted by Crippen LogP contribution is 2.29. The number of ether oxygens (including phenoxy) is 1. The van der Waals surface area contributed by atoms with Crippen LogP contribution in [0.3, 0.4) is 0 Å². The smallest absolute Gasteiger partial charge is 0.351 e. The van der Waals surface area contributed by atoms with Crippen molar-refractivity contribution in [2.45, 2.75) is 25.3 Å². The molecule has 0 saturated heterocycles. The van der Waals surface area contributed by atoms with Gasteiger partial charge in [-0.25, -0.2) is 9.78 Å². The number of carbonyl (C=O) groups excluding carboxylic acids is 1. The van der Waals surface area contributed by atoms with E-state index < -0.39 is 5.97 Å². The SMILES string of the molecule is COC(=O)c1sc(NC2CC=CCC2)nc1Cl. The summed E-state index contributed by atoms with van der Waals surface area (Å²) in [6.45, 7) is 0. The first-order valence-corrected chi connectivity index (χ1v) is 6.56. The van der Waals surface area contributed by atoms with Gasteiger partial charge in [-0.2, -0.15) is 0 Å². The minimum atomic E-state index is -0.441. The van der Waals surface area contributed by atoms with Crippen LogP contribution in [0.2, 0.25) is 5.15 Å². The number of nitrogens with one attached hydrogen (secondary N) is 1. The summed E-state index contributed by atoms with van der Waals surface area (Å²) >= 11 is 7.11. The van der Waals surface area contributed by atoms with Gasteiger partial charge in [0.1, 0.15) is 0 Å². The highest BCUT2D eigenvalue weighted by atomic mass is 35.5. The maximum Gasteiger partial charge on any atom is 0.351 e. The molecule has 1 N–H and O–H groups in total. The molecule has 0 aliphatic heterocycles. The maximum atomic E-state index is 11.4. The largest absolute Gasteiger partial charge is 0.465 e. The third-order valence-electron chi connectivity index (χ3n) is 2.55. The molecule has 1 aromatic heterocycles. The van der Waals surface area contributed by atoms with Crippen molar-refractivity contribution < 1.29 is 9.53 Å². The zero-order valence-electron chi connectivity index (χ0n) is 9.40. The van der Waals surface area contributed by atoms with Crippen molar-refractivity contribution in [1.29, 1.82) is 0 Å². The molecular formula is C11H13ClN2O2S. The van der Waals surface area contributed by atoms with E-state index in [4.69, 9.17) is 11.6 Å². The fourth-order valence-corrected chi connectivity index (χ4v) is 2.86. The average Bonchev–Trinajstić information content (AvgIpc) is 2.70. The lowest BCUT2D eigenvalue weighted by molar-refractivity contribution is 0.0606. The molecule has 17 heavy (non-hydrogen) atoms. The highest BCUT2D eigenvalue weighted by Gasteiger charge is 2.19. The predicted molar refractivity (Wildman–Crippen MR) is 68.9 cm³/mol. The molecule has 1 heterocycles. The number of rotatable bonds is 3. The molecule has 2 rings (SSSR count). The molecule has 1 atom stereocenters. The van der Waals surface area contributed by atoms with Gasteiger partial charge in [-0.15, -0.1) is 0 Å². The van der Waals surface area contributed by atoms with Crippen molar-refractivity contribution in [3.8, 4) is 0 Å². The number of esters is 1. The third-order valence-corrected chi connectivity index (χ3v) is 3.91. The van der Waals surface area contributed by atoms with Gasteiger partial charge in [0, 0.05) is 6.04 Å². The molecule has 1 aliphatic rings. The van der Waals surface area contributed by atoms with Crippen molar-refractivity contribution in [1.82, 2.24) is 4.98 Å². The molecule has 4 nitrogen and oxygen atoms in total. The van der Waals surface area contributed by atoms with E-state index in [1.807, 2.05) is 0 Å². The molecule has 0 aromatic carbocycles. The Labute approximate surface area is 109 Å². The number of hydrogen-bond acceptors (Lipinski definition) is 5. The Hall–Kier alpha value is -1.07. The Kier molecular flexibility index (Phi) is 4.02. The van der Waals surface area contributed by atoms with Crippen molar-refractivity contribution >= 4 is 34.0 Å². The maximum absolute atomic E-state index is 11.4. The Bertz CT molecular complexity index is 445. The number of nitrogens with zero attached hydrogens (tertiary/aromatic N) is 1. The molecule has 6 heteroatoms. The van der Waals surface area contributed by atoms with Crippen LogP contribution in [0.1, 0.15) is 28.9 Å². The summed E-state index contributed by atoms with van der Waals surface area (Å²) in [5, 5.41) is 4.17. The molecule has 1 aromatic rings. The van der Waals surface area contributed by atoms with Gasteiger partial charge in [0.25, 0.3) is 0 Å². The van der Waals surface area contributed by atoms with Crippen LogP contribution in [0.15, 0.2) is 12.2 Å². The van der Waals surface area contributed by atoms with Crippen LogP contribution in [0, 0.1) is 0 Å². The fourth-order valence-electron chi connectivity index (χ4n) is 1.68. The number of hydrogen-bond donors (Lipinski definition) is 1. The van der Waals surface area contributed by atoms with Crippen molar-refractivity contribution in [3.63, 3.8) is 0 Å². The number of halogens is 1. The molecule has 0 amide bonds. The van der Waals surface area contributed by atoms with E-state index in [2.05, 4.69) is 27.2 Å². The molecule has 0 fully saturated rings. The summed E-state index contributed by atoms with van der Waals surface area (Å²) < 4.78 is 4.63. The van der Waals surface area contributed by atoms with Crippen LogP contribution in [0.5, 0.6) is 0 Å². The Morgan fingerprint density at radius 1 is 1.65 bits per heavy atom. The van der Waals surface area contributed by atoms with E-state index in [0.717, 1.165) is 19.3 Å². The quantitative estimate of drug-likeness (QED) is 0.679. The molecule has 92 valence electrons. The van der Waals surface area contributed by atoms with Gasteiger partial charge < -0.3 is 10.1 Å². The highest BCUT2D eigenvalue weighted by molar-refractivity contribution is 7.18. The van der Waals surface area contributed by atoms with E-state index in [1.54, 1.807) is 0 Å². The normalized spacial score (nSPS) is 19.1. The Morgan fingerprint density at radius 3 is 3.12 bits per heavy atom. The van der Waals surface area contributed by atoms with Crippen LogP contribution in [-0.2, 0) is 4.74 Å². The lowest BCUT2D eigenvalue weighted by Crippen LogP contribution is -2.19. The molecule has 1 aliphatic carbocycles. The average molecular weight is 273 g/mol. The van der Waals surface area contributed by atoms with E-state index in [9.17, 15) is 4.79 Å². The van der Waals surface area contributed by atoms with Gasteiger partial charge >= 0.3 is 5.97 Å². The third kappa shape index (κ3) is 2.98. The van der Waals surface area contributed by atoms with E-state index >= 15 is 0 Å². The molecule has 1 unspecified atom stereocenters. The minimum absolute atomic E-state index is 0.204. The number of anilines is 1. The topological polar surface area (TPSA) is 51.2 Å². The Balaban J connectivity index is 2.06. The first-order chi connectivity index (χ1) is 8.20. The number of thiazole rings is 1.